The maximum absolute atomic E-state index is 4.94. The second kappa shape index (κ2) is 7.00. The van der Waals surface area contributed by atoms with Gasteiger partial charge < -0.3 is 10.2 Å². The third-order valence-corrected chi connectivity index (χ3v) is 6.11. The van der Waals surface area contributed by atoms with Crippen LogP contribution in [0.4, 0.5) is 5.82 Å². The Balaban J connectivity index is 1.42. The van der Waals surface area contributed by atoms with E-state index in [0.717, 1.165) is 50.6 Å². The Morgan fingerprint density at radius 2 is 1.88 bits per heavy atom. The van der Waals surface area contributed by atoms with Gasteiger partial charge in [0.05, 0.1) is 11.9 Å². The molecule has 3 aliphatic heterocycles. The van der Waals surface area contributed by atoms with E-state index in [2.05, 4.69) is 42.8 Å². The first-order valence-electron chi connectivity index (χ1n) is 10.1. The van der Waals surface area contributed by atoms with Crippen LogP contribution in [0.1, 0.15) is 37.8 Å². The summed E-state index contributed by atoms with van der Waals surface area (Å²) in [6.07, 6.45) is 10.6. The predicted octanol–water partition coefficient (Wildman–Crippen LogP) is 2.17. The van der Waals surface area contributed by atoms with Crippen LogP contribution in [-0.2, 0) is 0 Å². The Morgan fingerprint density at radius 3 is 2.73 bits per heavy atom. The van der Waals surface area contributed by atoms with Crippen molar-refractivity contribution in [1.82, 2.24) is 24.8 Å². The molecule has 0 bridgehead atoms. The Hall–Kier alpha value is -1.92. The average Bonchev–Trinajstić information content (AvgIpc) is 3.38. The first-order valence-corrected chi connectivity index (χ1v) is 10.1. The van der Waals surface area contributed by atoms with Gasteiger partial charge in [-0.3, -0.25) is 4.90 Å². The molecule has 5 rings (SSSR count). The van der Waals surface area contributed by atoms with Gasteiger partial charge in [0.15, 0.2) is 5.65 Å². The van der Waals surface area contributed by atoms with Gasteiger partial charge >= 0.3 is 0 Å². The lowest BCUT2D eigenvalue weighted by atomic mass is 10.00. The lowest BCUT2D eigenvalue weighted by molar-refractivity contribution is 0.180. The van der Waals surface area contributed by atoms with E-state index in [1.54, 1.807) is 0 Å². The van der Waals surface area contributed by atoms with Crippen LogP contribution in [-0.4, -0.2) is 64.8 Å². The molecule has 0 radical (unpaired) electrons. The summed E-state index contributed by atoms with van der Waals surface area (Å²) < 4.78 is 2.06. The van der Waals surface area contributed by atoms with Crippen LogP contribution in [0.3, 0.4) is 0 Å². The first-order chi connectivity index (χ1) is 12.9. The molecule has 2 aromatic heterocycles. The highest BCUT2D eigenvalue weighted by molar-refractivity contribution is 5.67. The van der Waals surface area contributed by atoms with Crippen molar-refractivity contribution in [2.24, 2.45) is 0 Å². The van der Waals surface area contributed by atoms with Crippen LogP contribution < -0.4 is 10.2 Å². The normalized spacial score (nSPS) is 22.9. The van der Waals surface area contributed by atoms with Gasteiger partial charge in [0.2, 0.25) is 0 Å². The Bertz CT molecular complexity index is 798. The molecular formula is C20H28N6. The minimum Gasteiger partial charge on any atom is -0.355 e. The summed E-state index contributed by atoms with van der Waals surface area (Å²) in [5.74, 6) is 1.08. The monoisotopic (exact) mass is 352 g/mol. The summed E-state index contributed by atoms with van der Waals surface area (Å²) >= 11 is 0. The summed E-state index contributed by atoms with van der Waals surface area (Å²) in [5, 5.41) is 8.42. The number of nitrogens with one attached hydrogen (secondary N) is 1. The van der Waals surface area contributed by atoms with Crippen molar-refractivity contribution in [2.75, 3.05) is 44.2 Å². The van der Waals surface area contributed by atoms with Crippen molar-refractivity contribution in [3.05, 3.63) is 30.1 Å². The number of anilines is 1. The zero-order valence-electron chi connectivity index (χ0n) is 15.4. The van der Waals surface area contributed by atoms with E-state index in [4.69, 9.17) is 5.10 Å². The highest BCUT2D eigenvalue weighted by Gasteiger charge is 2.25. The lowest BCUT2D eigenvalue weighted by Gasteiger charge is -2.37. The van der Waals surface area contributed by atoms with Crippen molar-refractivity contribution >= 4 is 17.0 Å². The zero-order valence-corrected chi connectivity index (χ0v) is 15.4. The molecule has 3 aliphatic rings. The van der Waals surface area contributed by atoms with Crippen LogP contribution in [0.15, 0.2) is 24.4 Å². The van der Waals surface area contributed by atoms with Gasteiger partial charge in [-0.1, -0.05) is 6.08 Å². The van der Waals surface area contributed by atoms with Crippen LogP contribution in [0.5, 0.6) is 0 Å². The van der Waals surface area contributed by atoms with Crippen LogP contribution in [0.25, 0.3) is 11.2 Å². The van der Waals surface area contributed by atoms with Crippen LogP contribution in [0, 0.1) is 0 Å². The molecule has 0 atom stereocenters. The van der Waals surface area contributed by atoms with Crippen molar-refractivity contribution in [3.8, 4) is 0 Å². The molecule has 0 unspecified atom stereocenters. The minimum atomic E-state index is 0.715. The fourth-order valence-corrected chi connectivity index (χ4v) is 4.63. The second-order valence-corrected chi connectivity index (χ2v) is 7.77. The molecule has 6 nitrogen and oxygen atoms in total. The smallest absolute Gasteiger partial charge is 0.154 e. The highest BCUT2D eigenvalue weighted by atomic mass is 15.3. The maximum Gasteiger partial charge on any atom is 0.154 e. The molecule has 26 heavy (non-hydrogen) atoms. The van der Waals surface area contributed by atoms with Gasteiger partial charge in [-0.15, -0.1) is 5.10 Å². The number of nitrogens with zero attached hydrogens (tertiary/aromatic N) is 5. The molecule has 0 amide bonds. The number of rotatable bonds is 3. The number of aromatic nitrogens is 3. The van der Waals surface area contributed by atoms with Crippen molar-refractivity contribution in [2.45, 2.75) is 38.1 Å². The van der Waals surface area contributed by atoms with E-state index in [0.29, 0.717) is 6.04 Å². The van der Waals surface area contributed by atoms with E-state index in [1.165, 1.54) is 43.5 Å². The first kappa shape index (κ1) is 16.3. The van der Waals surface area contributed by atoms with Gasteiger partial charge in [0, 0.05) is 32.2 Å². The third kappa shape index (κ3) is 3.01. The molecule has 5 heterocycles. The molecule has 0 aromatic carbocycles. The van der Waals surface area contributed by atoms with E-state index in [1.807, 2.05) is 6.20 Å². The van der Waals surface area contributed by atoms with E-state index < -0.39 is 0 Å². The summed E-state index contributed by atoms with van der Waals surface area (Å²) in [5.41, 5.74) is 3.50. The molecule has 6 heteroatoms. The van der Waals surface area contributed by atoms with Crippen molar-refractivity contribution in [3.63, 3.8) is 0 Å². The molecule has 1 N–H and O–H groups in total. The van der Waals surface area contributed by atoms with E-state index in [-0.39, 0.29) is 0 Å². The minimum absolute atomic E-state index is 0.715. The molecule has 2 fully saturated rings. The number of hydrogen-bond donors (Lipinski definition) is 1. The molecular weight excluding hydrogens is 324 g/mol. The summed E-state index contributed by atoms with van der Waals surface area (Å²) in [6.45, 7) is 6.74. The molecule has 138 valence electrons. The average molecular weight is 352 g/mol. The highest BCUT2D eigenvalue weighted by Crippen LogP contribution is 2.26. The molecule has 0 aliphatic carbocycles. The maximum atomic E-state index is 4.94. The topological polar surface area (TPSA) is 48.7 Å². The standard InChI is InChI=1S/C20H28N6/c1-2-12-24(11-1)20-6-5-19-22-14-18(26(19)23-20)16-4-3-13-25(15-16)17-7-9-21-10-8-17/h4-6,14,17,21H,1-3,7-13,15H2. The summed E-state index contributed by atoms with van der Waals surface area (Å²) in [7, 11) is 0. The van der Waals surface area contributed by atoms with E-state index in [9.17, 15) is 0 Å². The largest absolute Gasteiger partial charge is 0.355 e. The summed E-state index contributed by atoms with van der Waals surface area (Å²) in [4.78, 5) is 9.67. The molecule has 0 saturated carbocycles. The Labute approximate surface area is 154 Å². The van der Waals surface area contributed by atoms with Gasteiger partial charge in [-0.05, 0) is 62.9 Å². The van der Waals surface area contributed by atoms with Crippen LogP contribution >= 0.6 is 0 Å². The van der Waals surface area contributed by atoms with Gasteiger partial charge in [0.1, 0.15) is 5.82 Å². The molecule has 2 aromatic rings. The number of fused-ring (bicyclic) bond motifs is 1. The lowest BCUT2D eigenvalue weighted by Crippen LogP contribution is -2.45. The number of hydrogen-bond acceptors (Lipinski definition) is 5. The fourth-order valence-electron chi connectivity index (χ4n) is 4.63. The molecule has 2 saturated heterocycles. The number of imidazole rings is 1. The van der Waals surface area contributed by atoms with Gasteiger partial charge in [-0.2, -0.15) is 0 Å². The predicted molar refractivity (Wildman–Crippen MR) is 104 cm³/mol. The quantitative estimate of drug-likeness (QED) is 0.917. The zero-order chi connectivity index (χ0) is 17.3. The SMILES string of the molecule is C1=C(c2cnc3ccc(N4CCCC4)nn23)CN(C2CCNCC2)CC1. The van der Waals surface area contributed by atoms with Crippen molar-refractivity contribution < 1.29 is 0 Å². The third-order valence-electron chi connectivity index (χ3n) is 6.11. The second-order valence-electron chi connectivity index (χ2n) is 7.77. The van der Waals surface area contributed by atoms with Crippen LogP contribution in [0.2, 0.25) is 0 Å². The summed E-state index contributed by atoms with van der Waals surface area (Å²) in [6, 6.07) is 4.94. The number of piperidine rings is 1. The molecule has 0 spiro atoms. The van der Waals surface area contributed by atoms with Gasteiger partial charge in [-0.25, -0.2) is 9.50 Å². The van der Waals surface area contributed by atoms with Crippen molar-refractivity contribution in [1.29, 1.82) is 0 Å². The Morgan fingerprint density at radius 1 is 1.04 bits per heavy atom. The fraction of sp³-hybridized carbons (Fsp3) is 0.600. The van der Waals surface area contributed by atoms with E-state index >= 15 is 0 Å². The Kier molecular flexibility index (Phi) is 4.38. The van der Waals surface area contributed by atoms with Gasteiger partial charge in [0.25, 0.3) is 0 Å².